The van der Waals surface area contributed by atoms with Crippen LogP contribution in [0.4, 0.5) is 13.2 Å². The van der Waals surface area contributed by atoms with Gasteiger partial charge in [0.2, 0.25) is 5.95 Å². The van der Waals surface area contributed by atoms with Crippen LogP contribution < -0.4 is 0 Å². The van der Waals surface area contributed by atoms with Gasteiger partial charge in [0.1, 0.15) is 0 Å². The van der Waals surface area contributed by atoms with E-state index in [4.69, 9.17) is 0 Å². The highest BCUT2D eigenvalue weighted by molar-refractivity contribution is 14.1. The molecule has 0 aliphatic heterocycles. The van der Waals surface area contributed by atoms with Crippen molar-refractivity contribution in [2.75, 3.05) is 7.11 Å². The molecule has 0 aliphatic carbocycles. The lowest BCUT2D eigenvalue weighted by Gasteiger charge is -2.09. The lowest BCUT2D eigenvalue weighted by molar-refractivity contribution is -0.139. The van der Waals surface area contributed by atoms with Crippen molar-refractivity contribution in [3.8, 4) is 0 Å². The average molecular weight is 345 g/mol. The molecule has 16 heavy (non-hydrogen) atoms. The maximum atomic E-state index is 12.9. The van der Waals surface area contributed by atoms with Crippen molar-refractivity contribution in [1.29, 1.82) is 0 Å². The van der Waals surface area contributed by atoms with E-state index in [9.17, 15) is 18.0 Å². The number of alkyl halides is 2. The van der Waals surface area contributed by atoms with Crippen molar-refractivity contribution in [2.45, 2.75) is 12.8 Å². The average Bonchev–Trinajstić information content (AvgIpc) is 2.15. The van der Waals surface area contributed by atoms with Gasteiger partial charge in [-0.1, -0.05) is 0 Å². The van der Waals surface area contributed by atoms with Crippen LogP contribution in [-0.4, -0.2) is 18.1 Å². The fraction of sp³-hybridized carbons (Fsp3) is 0.333. The highest BCUT2D eigenvalue weighted by atomic mass is 127. The summed E-state index contributed by atoms with van der Waals surface area (Å²) in [5.41, 5.74) is -0.710. The zero-order valence-electron chi connectivity index (χ0n) is 8.14. The van der Waals surface area contributed by atoms with Gasteiger partial charge < -0.3 is 4.74 Å². The molecule has 0 atom stereocenters. The minimum atomic E-state index is -2.81. The van der Waals surface area contributed by atoms with Gasteiger partial charge in [0.15, 0.2) is 0 Å². The highest BCUT2D eigenvalue weighted by Gasteiger charge is 2.21. The van der Waals surface area contributed by atoms with Crippen molar-refractivity contribution in [3.63, 3.8) is 0 Å². The summed E-state index contributed by atoms with van der Waals surface area (Å²) in [6.45, 7) is 0. The standard InChI is InChI=1S/C9H7F3INO2/c1-16-7(15)3-5-8(9(11)12)4(13)2-6(10)14-5/h2,9H,3H2,1H3. The third kappa shape index (κ3) is 3.06. The van der Waals surface area contributed by atoms with Crippen LogP contribution in [0.5, 0.6) is 0 Å². The predicted molar refractivity (Wildman–Crippen MR) is 57.6 cm³/mol. The second kappa shape index (κ2) is 5.46. The largest absolute Gasteiger partial charge is 0.469 e. The molecule has 3 nitrogen and oxygen atoms in total. The lowest BCUT2D eigenvalue weighted by atomic mass is 10.1. The van der Waals surface area contributed by atoms with Crippen molar-refractivity contribution < 1.29 is 22.7 Å². The normalized spacial score (nSPS) is 10.6. The molecular formula is C9H7F3INO2. The van der Waals surface area contributed by atoms with E-state index in [0.29, 0.717) is 0 Å². The van der Waals surface area contributed by atoms with Gasteiger partial charge in [0, 0.05) is 9.64 Å². The van der Waals surface area contributed by atoms with E-state index in [1.54, 1.807) is 22.6 Å². The van der Waals surface area contributed by atoms with Crippen LogP contribution >= 0.6 is 22.6 Å². The minimum Gasteiger partial charge on any atom is -0.469 e. The molecule has 88 valence electrons. The first kappa shape index (κ1) is 13.2. The zero-order chi connectivity index (χ0) is 12.3. The molecule has 0 aliphatic rings. The van der Waals surface area contributed by atoms with Gasteiger partial charge in [-0.05, 0) is 22.6 Å². The molecular weight excluding hydrogens is 338 g/mol. The fourth-order valence-corrected chi connectivity index (χ4v) is 1.92. The van der Waals surface area contributed by atoms with Crippen LogP contribution in [-0.2, 0) is 16.0 Å². The SMILES string of the molecule is COC(=O)Cc1nc(F)cc(I)c1C(F)F. The zero-order valence-corrected chi connectivity index (χ0v) is 10.3. The molecule has 1 heterocycles. The molecule has 0 unspecified atom stereocenters. The smallest absolute Gasteiger partial charge is 0.311 e. The van der Waals surface area contributed by atoms with Crippen molar-refractivity contribution in [1.82, 2.24) is 4.98 Å². The number of rotatable bonds is 3. The molecule has 0 amide bonds. The molecule has 0 bridgehead atoms. The lowest BCUT2D eigenvalue weighted by Crippen LogP contribution is -2.11. The molecule has 0 aromatic carbocycles. The summed E-state index contributed by atoms with van der Waals surface area (Å²) in [7, 11) is 1.12. The van der Waals surface area contributed by atoms with Gasteiger partial charge in [-0.15, -0.1) is 0 Å². The summed E-state index contributed by atoms with van der Waals surface area (Å²) in [6.07, 6.45) is -3.27. The van der Waals surface area contributed by atoms with E-state index in [1.807, 2.05) is 0 Å². The summed E-state index contributed by atoms with van der Waals surface area (Å²) >= 11 is 1.57. The van der Waals surface area contributed by atoms with Gasteiger partial charge in [-0.25, -0.2) is 13.8 Å². The molecule has 1 rings (SSSR count). The molecule has 1 aromatic rings. The van der Waals surface area contributed by atoms with Gasteiger partial charge in [0.05, 0.1) is 24.8 Å². The van der Waals surface area contributed by atoms with Crippen LogP contribution in [0.2, 0.25) is 0 Å². The number of esters is 1. The maximum Gasteiger partial charge on any atom is 0.311 e. The number of carbonyl (C=O) groups is 1. The summed E-state index contributed by atoms with van der Waals surface area (Å²) in [5.74, 6) is -1.64. The Bertz CT molecular complexity index is 412. The van der Waals surface area contributed by atoms with Crippen LogP contribution in [0, 0.1) is 9.52 Å². The number of hydrogen-bond acceptors (Lipinski definition) is 3. The number of hydrogen-bond donors (Lipinski definition) is 0. The Hall–Kier alpha value is -0.860. The van der Waals surface area contributed by atoms with E-state index in [2.05, 4.69) is 9.72 Å². The Labute approximate surface area is 103 Å². The number of ether oxygens (including phenoxy) is 1. The Balaban J connectivity index is 3.18. The monoisotopic (exact) mass is 345 g/mol. The third-order valence-corrected chi connectivity index (χ3v) is 2.71. The molecule has 0 saturated carbocycles. The van der Waals surface area contributed by atoms with Gasteiger partial charge in [0.25, 0.3) is 6.43 Å². The summed E-state index contributed by atoms with van der Waals surface area (Å²) < 4.78 is 42.6. The number of carbonyl (C=O) groups excluding carboxylic acids is 1. The number of halogens is 4. The minimum absolute atomic E-state index is 0.0407. The topological polar surface area (TPSA) is 39.2 Å². The first-order valence-electron chi connectivity index (χ1n) is 4.15. The summed E-state index contributed by atoms with van der Waals surface area (Å²) in [4.78, 5) is 14.2. The Morgan fingerprint density at radius 1 is 1.62 bits per heavy atom. The number of nitrogens with zero attached hydrogens (tertiary/aromatic N) is 1. The third-order valence-electron chi connectivity index (χ3n) is 1.81. The van der Waals surface area contributed by atoms with Crippen LogP contribution in [0.3, 0.4) is 0 Å². The van der Waals surface area contributed by atoms with E-state index in [1.165, 1.54) is 0 Å². The second-order valence-electron chi connectivity index (χ2n) is 2.84. The first-order valence-corrected chi connectivity index (χ1v) is 5.23. The van der Waals surface area contributed by atoms with Crippen LogP contribution in [0.15, 0.2) is 6.07 Å². The highest BCUT2D eigenvalue weighted by Crippen LogP contribution is 2.27. The first-order chi connectivity index (χ1) is 7.45. The van der Waals surface area contributed by atoms with Crippen LogP contribution in [0.25, 0.3) is 0 Å². The van der Waals surface area contributed by atoms with Gasteiger partial charge in [-0.2, -0.15) is 4.39 Å². The van der Waals surface area contributed by atoms with E-state index in [-0.39, 0.29) is 9.26 Å². The maximum absolute atomic E-state index is 12.9. The predicted octanol–water partition coefficient (Wildman–Crippen LogP) is 2.48. The Morgan fingerprint density at radius 3 is 2.75 bits per heavy atom. The molecule has 0 saturated heterocycles. The van der Waals surface area contributed by atoms with Crippen LogP contribution in [0.1, 0.15) is 17.7 Å². The number of aromatic nitrogens is 1. The van der Waals surface area contributed by atoms with Crippen molar-refractivity contribution >= 4 is 28.6 Å². The van der Waals surface area contributed by atoms with Gasteiger partial charge in [-0.3, -0.25) is 4.79 Å². The van der Waals surface area contributed by atoms with E-state index < -0.39 is 30.3 Å². The van der Waals surface area contributed by atoms with E-state index in [0.717, 1.165) is 13.2 Å². The fourth-order valence-electron chi connectivity index (χ4n) is 1.12. The molecule has 1 aromatic heterocycles. The molecule has 0 N–H and O–H groups in total. The molecule has 7 heteroatoms. The number of methoxy groups -OCH3 is 1. The summed E-state index contributed by atoms with van der Waals surface area (Å²) in [6, 6.07) is 0.892. The quantitative estimate of drug-likeness (QED) is 0.480. The Kier molecular flexibility index (Phi) is 4.51. The summed E-state index contributed by atoms with van der Waals surface area (Å²) in [5, 5.41) is 0. The van der Waals surface area contributed by atoms with Gasteiger partial charge >= 0.3 is 5.97 Å². The van der Waals surface area contributed by atoms with Crippen molar-refractivity contribution in [3.05, 3.63) is 26.8 Å². The Morgan fingerprint density at radius 2 is 2.25 bits per heavy atom. The number of pyridine rings is 1. The molecule has 0 spiro atoms. The molecule has 0 fully saturated rings. The second-order valence-corrected chi connectivity index (χ2v) is 4.00. The molecule has 0 radical (unpaired) electrons. The van der Waals surface area contributed by atoms with Crippen molar-refractivity contribution in [2.24, 2.45) is 0 Å². The van der Waals surface area contributed by atoms with E-state index >= 15 is 0 Å².